The molecular weight excluding hydrogens is 429 g/mol. The van der Waals surface area contributed by atoms with Gasteiger partial charge in [0.25, 0.3) is 5.91 Å². The summed E-state index contributed by atoms with van der Waals surface area (Å²) in [5, 5.41) is 2.51. The van der Waals surface area contributed by atoms with Crippen molar-refractivity contribution in [2.45, 2.75) is 0 Å². The van der Waals surface area contributed by atoms with Gasteiger partial charge in [-0.1, -0.05) is 0 Å². The van der Waals surface area contributed by atoms with Crippen molar-refractivity contribution in [3.8, 4) is 0 Å². The van der Waals surface area contributed by atoms with E-state index in [9.17, 15) is 14.0 Å². The highest BCUT2D eigenvalue weighted by Crippen LogP contribution is 2.33. The molecule has 0 saturated carbocycles. The molecule has 0 aliphatic heterocycles. The van der Waals surface area contributed by atoms with Gasteiger partial charge in [0, 0.05) is 4.47 Å². The summed E-state index contributed by atoms with van der Waals surface area (Å²) in [7, 11) is 1.21. The summed E-state index contributed by atoms with van der Waals surface area (Å²) < 4.78 is 19.4. The second-order valence-corrected chi connectivity index (χ2v) is 7.09. The Morgan fingerprint density at radius 3 is 2.57 bits per heavy atom. The van der Waals surface area contributed by atoms with Crippen LogP contribution in [0.4, 0.5) is 10.1 Å². The van der Waals surface area contributed by atoms with Crippen molar-refractivity contribution >= 4 is 60.8 Å². The minimum Gasteiger partial charge on any atom is -0.465 e. The third kappa shape index (κ3) is 3.69. The third-order valence-corrected chi connectivity index (χ3v) is 5.76. The fraction of sp³-hybridized carbons (Fsp3) is 0.0769. The summed E-state index contributed by atoms with van der Waals surface area (Å²) in [6, 6.07) is 5.08. The predicted molar refractivity (Wildman–Crippen MR) is 85.4 cm³/mol. The van der Waals surface area contributed by atoms with Gasteiger partial charge in [-0.3, -0.25) is 4.79 Å². The summed E-state index contributed by atoms with van der Waals surface area (Å²) in [6.07, 6.45) is 0. The second kappa shape index (κ2) is 6.67. The van der Waals surface area contributed by atoms with Crippen LogP contribution in [0, 0.1) is 5.82 Å². The number of hydrogen-bond donors (Lipinski definition) is 1. The topological polar surface area (TPSA) is 55.4 Å². The number of benzene rings is 1. The van der Waals surface area contributed by atoms with E-state index in [2.05, 4.69) is 41.9 Å². The fourth-order valence-corrected chi connectivity index (χ4v) is 3.48. The minimum absolute atomic E-state index is 0.0625. The van der Waals surface area contributed by atoms with E-state index in [-0.39, 0.29) is 11.3 Å². The number of carbonyl (C=O) groups is 2. The van der Waals surface area contributed by atoms with Crippen LogP contribution in [0.3, 0.4) is 0 Å². The molecule has 21 heavy (non-hydrogen) atoms. The maximum absolute atomic E-state index is 13.3. The van der Waals surface area contributed by atoms with Gasteiger partial charge in [0.1, 0.15) is 5.82 Å². The van der Waals surface area contributed by atoms with Gasteiger partial charge in [-0.05, 0) is 56.1 Å². The van der Waals surface area contributed by atoms with Crippen LogP contribution >= 0.6 is 43.2 Å². The predicted octanol–water partition coefficient (Wildman–Crippen LogP) is 4.45. The van der Waals surface area contributed by atoms with Gasteiger partial charge < -0.3 is 10.1 Å². The molecule has 0 aliphatic rings. The summed E-state index contributed by atoms with van der Waals surface area (Å²) in [5.41, 5.74) is 0.148. The van der Waals surface area contributed by atoms with Crippen LogP contribution in [-0.2, 0) is 4.74 Å². The lowest BCUT2D eigenvalue weighted by molar-refractivity contribution is 0.0602. The molecule has 2 aromatic rings. The van der Waals surface area contributed by atoms with Crippen molar-refractivity contribution in [1.82, 2.24) is 0 Å². The van der Waals surface area contributed by atoms with E-state index < -0.39 is 17.7 Å². The highest BCUT2D eigenvalue weighted by atomic mass is 79.9. The first-order valence-electron chi connectivity index (χ1n) is 5.56. The number of esters is 1. The van der Waals surface area contributed by atoms with Crippen LogP contribution in [0.15, 0.2) is 32.5 Å². The van der Waals surface area contributed by atoms with E-state index in [1.54, 1.807) is 6.07 Å². The fourth-order valence-electron chi connectivity index (χ4n) is 1.55. The molecule has 0 aliphatic carbocycles. The zero-order valence-corrected chi connectivity index (χ0v) is 14.6. The number of hydrogen-bond acceptors (Lipinski definition) is 4. The molecule has 110 valence electrons. The first-order valence-corrected chi connectivity index (χ1v) is 7.96. The summed E-state index contributed by atoms with van der Waals surface area (Å²) >= 11 is 7.78. The molecule has 0 spiro atoms. The van der Waals surface area contributed by atoms with E-state index in [1.807, 2.05) is 0 Å². The Bertz CT molecular complexity index is 698. The quantitative estimate of drug-likeness (QED) is 0.723. The van der Waals surface area contributed by atoms with Gasteiger partial charge in [0.2, 0.25) is 0 Å². The number of nitrogens with one attached hydrogen (secondary N) is 1. The summed E-state index contributed by atoms with van der Waals surface area (Å²) in [5.74, 6) is -1.66. The zero-order chi connectivity index (χ0) is 15.6. The number of rotatable bonds is 3. The lowest BCUT2D eigenvalue weighted by Crippen LogP contribution is -2.14. The van der Waals surface area contributed by atoms with Gasteiger partial charge >= 0.3 is 5.97 Å². The molecule has 0 radical (unpaired) electrons. The Labute approximate surface area is 140 Å². The first-order chi connectivity index (χ1) is 9.92. The monoisotopic (exact) mass is 435 g/mol. The second-order valence-electron chi connectivity index (χ2n) is 3.87. The van der Waals surface area contributed by atoms with Crippen molar-refractivity contribution in [3.05, 3.63) is 48.8 Å². The molecule has 0 fully saturated rings. The number of carbonyl (C=O) groups excluding carboxylic acids is 2. The third-order valence-electron chi connectivity index (χ3n) is 2.50. The molecule has 1 amide bonds. The SMILES string of the molecule is COC(=O)c1ccc(F)cc1NC(=O)c1cc(Br)c(Br)s1. The molecule has 1 aromatic heterocycles. The average Bonchev–Trinajstić information content (AvgIpc) is 2.78. The van der Waals surface area contributed by atoms with E-state index in [0.717, 1.165) is 20.4 Å². The van der Waals surface area contributed by atoms with E-state index in [1.165, 1.54) is 24.5 Å². The standard InChI is InChI=1S/C13H8Br2FNO3S/c1-20-13(19)7-3-2-6(16)4-9(7)17-12(18)10-5-8(14)11(15)21-10/h2-5H,1H3,(H,17,18). The molecule has 4 nitrogen and oxygen atoms in total. The highest BCUT2D eigenvalue weighted by Gasteiger charge is 2.17. The van der Waals surface area contributed by atoms with Crippen LogP contribution in [0.1, 0.15) is 20.0 Å². The number of halogens is 3. The van der Waals surface area contributed by atoms with Crippen molar-refractivity contribution in [3.63, 3.8) is 0 Å². The Balaban J connectivity index is 2.32. The van der Waals surface area contributed by atoms with E-state index in [4.69, 9.17) is 0 Å². The average molecular weight is 437 g/mol. The molecule has 1 N–H and O–H groups in total. The number of amides is 1. The van der Waals surface area contributed by atoms with Gasteiger partial charge in [-0.2, -0.15) is 0 Å². The van der Waals surface area contributed by atoms with Crippen LogP contribution in [0.5, 0.6) is 0 Å². The van der Waals surface area contributed by atoms with Crippen molar-refractivity contribution < 1.29 is 18.7 Å². The smallest absolute Gasteiger partial charge is 0.339 e. The minimum atomic E-state index is -0.654. The maximum atomic E-state index is 13.3. The summed E-state index contributed by atoms with van der Waals surface area (Å²) in [4.78, 5) is 24.2. The Morgan fingerprint density at radius 2 is 2.00 bits per heavy atom. The van der Waals surface area contributed by atoms with Gasteiger partial charge in [0.15, 0.2) is 0 Å². The number of anilines is 1. The number of thiophene rings is 1. The molecular formula is C13H8Br2FNO3S. The van der Waals surface area contributed by atoms with Crippen LogP contribution < -0.4 is 5.32 Å². The van der Waals surface area contributed by atoms with Crippen LogP contribution in [-0.4, -0.2) is 19.0 Å². The number of methoxy groups -OCH3 is 1. The first kappa shape index (κ1) is 16.1. The van der Waals surface area contributed by atoms with Gasteiger partial charge in [-0.25, -0.2) is 9.18 Å². The normalized spacial score (nSPS) is 10.3. The van der Waals surface area contributed by atoms with Crippen molar-refractivity contribution in [1.29, 1.82) is 0 Å². The van der Waals surface area contributed by atoms with E-state index in [0.29, 0.717) is 4.88 Å². The summed E-state index contributed by atoms with van der Waals surface area (Å²) in [6.45, 7) is 0. The van der Waals surface area contributed by atoms with Gasteiger partial charge in [0.05, 0.1) is 27.0 Å². The van der Waals surface area contributed by atoms with Crippen molar-refractivity contribution in [2.24, 2.45) is 0 Å². The molecule has 0 bridgehead atoms. The Kier molecular flexibility index (Phi) is 5.13. The van der Waals surface area contributed by atoms with Crippen molar-refractivity contribution in [2.75, 3.05) is 12.4 Å². The number of ether oxygens (including phenoxy) is 1. The zero-order valence-electron chi connectivity index (χ0n) is 10.6. The molecule has 8 heteroatoms. The lowest BCUT2D eigenvalue weighted by atomic mass is 10.1. The molecule has 1 aromatic carbocycles. The van der Waals surface area contributed by atoms with Crippen LogP contribution in [0.2, 0.25) is 0 Å². The van der Waals surface area contributed by atoms with Gasteiger partial charge in [-0.15, -0.1) is 11.3 Å². The molecule has 0 saturated heterocycles. The molecule has 2 rings (SSSR count). The maximum Gasteiger partial charge on any atom is 0.339 e. The highest BCUT2D eigenvalue weighted by molar-refractivity contribution is 9.13. The lowest BCUT2D eigenvalue weighted by Gasteiger charge is -2.09. The van der Waals surface area contributed by atoms with E-state index >= 15 is 0 Å². The van der Waals surface area contributed by atoms with Crippen LogP contribution in [0.25, 0.3) is 0 Å². The molecule has 0 atom stereocenters. The Hall–Kier alpha value is -1.25. The molecule has 0 unspecified atom stereocenters. The Morgan fingerprint density at radius 1 is 1.29 bits per heavy atom. The largest absolute Gasteiger partial charge is 0.465 e. The molecule has 1 heterocycles.